The van der Waals surface area contributed by atoms with Crippen LogP contribution < -0.4 is 5.32 Å². The van der Waals surface area contributed by atoms with E-state index in [1.165, 1.54) is 0 Å². The average molecular weight is 221 g/mol. The molecule has 1 atom stereocenters. The second kappa shape index (κ2) is 5.90. The number of nitrogens with one attached hydrogen (secondary N) is 1. The number of carbonyl (C=O) groups is 2. The first-order valence-electron chi connectivity index (χ1n) is 5.15. The number of carboxylic acids is 1. The molecule has 0 bridgehead atoms. The summed E-state index contributed by atoms with van der Waals surface area (Å²) < 4.78 is 0. The molecule has 0 spiro atoms. The van der Waals surface area contributed by atoms with E-state index in [1.54, 1.807) is 0 Å². The molecule has 1 aromatic carbocycles. The van der Waals surface area contributed by atoms with E-state index in [0.717, 1.165) is 5.56 Å². The molecule has 0 radical (unpaired) electrons. The van der Waals surface area contributed by atoms with Crippen LogP contribution in [0.15, 0.2) is 30.3 Å². The number of amides is 1. The molecule has 86 valence electrons. The molecule has 16 heavy (non-hydrogen) atoms. The van der Waals surface area contributed by atoms with Crippen LogP contribution >= 0.6 is 0 Å². The first kappa shape index (κ1) is 12.2. The summed E-state index contributed by atoms with van der Waals surface area (Å²) in [5.41, 5.74) is 1.01. The quantitative estimate of drug-likeness (QED) is 0.795. The predicted octanol–water partition coefficient (Wildman–Crippen LogP) is 1.73. The Hall–Kier alpha value is -1.84. The van der Waals surface area contributed by atoms with Crippen molar-refractivity contribution in [1.29, 1.82) is 0 Å². The van der Waals surface area contributed by atoms with Crippen LogP contribution in [0.2, 0.25) is 0 Å². The van der Waals surface area contributed by atoms with Crippen molar-refractivity contribution >= 4 is 11.9 Å². The molecule has 0 heterocycles. The number of carbonyl (C=O) groups excluding carboxylic acids is 1. The van der Waals surface area contributed by atoms with Crippen molar-refractivity contribution in [1.82, 2.24) is 5.32 Å². The monoisotopic (exact) mass is 221 g/mol. The summed E-state index contributed by atoms with van der Waals surface area (Å²) in [6.07, 6.45) is -0.111. The van der Waals surface area contributed by atoms with Gasteiger partial charge in [0.15, 0.2) is 0 Å². The highest BCUT2D eigenvalue weighted by Crippen LogP contribution is 2.11. The predicted molar refractivity (Wildman–Crippen MR) is 59.9 cm³/mol. The van der Waals surface area contributed by atoms with Gasteiger partial charge in [-0.3, -0.25) is 9.59 Å². The van der Waals surface area contributed by atoms with Crippen molar-refractivity contribution in [3.8, 4) is 0 Å². The zero-order valence-electron chi connectivity index (χ0n) is 9.14. The van der Waals surface area contributed by atoms with Crippen LogP contribution in [-0.2, 0) is 9.59 Å². The molecular weight excluding hydrogens is 206 g/mol. The third kappa shape index (κ3) is 4.13. The molecule has 4 heteroatoms. The van der Waals surface area contributed by atoms with E-state index >= 15 is 0 Å². The third-order valence-electron chi connectivity index (χ3n) is 2.24. The van der Waals surface area contributed by atoms with Crippen molar-refractivity contribution in [2.24, 2.45) is 0 Å². The Balaban J connectivity index is 2.43. The Labute approximate surface area is 94.3 Å². The Bertz CT molecular complexity index is 362. The van der Waals surface area contributed by atoms with E-state index in [-0.39, 0.29) is 24.8 Å². The molecular formula is C12H15NO3. The number of aliphatic carboxylic acids is 1. The maximum absolute atomic E-state index is 11.4. The largest absolute Gasteiger partial charge is 0.481 e. The maximum atomic E-state index is 11.4. The third-order valence-corrected chi connectivity index (χ3v) is 2.24. The van der Waals surface area contributed by atoms with Crippen molar-refractivity contribution < 1.29 is 14.7 Å². The molecule has 0 saturated heterocycles. The molecule has 0 aromatic heterocycles. The van der Waals surface area contributed by atoms with Gasteiger partial charge in [0.1, 0.15) is 0 Å². The number of benzene rings is 1. The van der Waals surface area contributed by atoms with E-state index in [9.17, 15) is 9.59 Å². The van der Waals surface area contributed by atoms with Gasteiger partial charge in [0.2, 0.25) is 5.91 Å². The molecule has 1 rings (SSSR count). The summed E-state index contributed by atoms with van der Waals surface area (Å²) in [7, 11) is 0. The van der Waals surface area contributed by atoms with E-state index < -0.39 is 5.97 Å². The fourth-order valence-corrected chi connectivity index (χ4v) is 1.36. The summed E-state index contributed by atoms with van der Waals surface area (Å²) in [5.74, 6) is -1.19. The van der Waals surface area contributed by atoms with E-state index in [2.05, 4.69) is 5.32 Å². The first-order valence-corrected chi connectivity index (χ1v) is 5.15. The average Bonchev–Trinajstić information content (AvgIpc) is 2.27. The lowest BCUT2D eigenvalue weighted by atomic mass is 10.1. The molecule has 0 aliphatic rings. The Morgan fingerprint density at radius 1 is 1.25 bits per heavy atom. The van der Waals surface area contributed by atoms with Crippen molar-refractivity contribution in [3.05, 3.63) is 35.9 Å². The van der Waals surface area contributed by atoms with Gasteiger partial charge in [-0.05, 0) is 12.5 Å². The van der Waals surface area contributed by atoms with E-state index in [4.69, 9.17) is 5.11 Å². The number of carboxylic acid groups (broad SMARTS) is 1. The second-order valence-electron chi connectivity index (χ2n) is 3.59. The minimum absolute atomic E-state index is 0.0203. The van der Waals surface area contributed by atoms with Crippen LogP contribution in [0.1, 0.15) is 31.4 Å². The summed E-state index contributed by atoms with van der Waals surface area (Å²) in [4.78, 5) is 21.6. The zero-order chi connectivity index (χ0) is 12.0. The summed E-state index contributed by atoms with van der Waals surface area (Å²) >= 11 is 0. The smallest absolute Gasteiger partial charge is 0.303 e. The Kier molecular flexibility index (Phi) is 4.51. The summed E-state index contributed by atoms with van der Waals surface area (Å²) in [6, 6.07) is 9.44. The maximum Gasteiger partial charge on any atom is 0.303 e. The normalized spacial score (nSPS) is 11.8. The Morgan fingerprint density at radius 2 is 1.88 bits per heavy atom. The highest BCUT2D eigenvalue weighted by Gasteiger charge is 2.10. The van der Waals surface area contributed by atoms with Crippen molar-refractivity contribution in [3.63, 3.8) is 0 Å². The molecule has 0 aliphatic carbocycles. The first-order chi connectivity index (χ1) is 7.59. The lowest BCUT2D eigenvalue weighted by Gasteiger charge is -2.13. The molecule has 2 N–H and O–H groups in total. The van der Waals surface area contributed by atoms with E-state index in [1.807, 2.05) is 37.3 Å². The summed E-state index contributed by atoms with van der Waals surface area (Å²) in [6.45, 7) is 1.87. The number of hydrogen-bond acceptors (Lipinski definition) is 2. The van der Waals surface area contributed by atoms with Gasteiger partial charge in [-0.15, -0.1) is 0 Å². The van der Waals surface area contributed by atoms with Gasteiger partial charge in [-0.2, -0.15) is 0 Å². The highest BCUT2D eigenvalue weighted by atomic mass is 16.4. The molecule has 0 fully saturated rings. The van der Waals surface area contributed by atoms with Crippen molar-refractivity contribution in [2.45, 2.75) is 25.8 Å². The van der Waals surface area contributed by atoms with Crippen LogP contribution in [0.25, 0.3) is 0 Å². The standard InChI is InChI=1S/C12H15NO3/c1-9(10-5-3-2-4-6-10)13-11(14)7-8-12(15)16/h2-6,9H,7-8H2,1H3,(H,13,14)(H,15,16)/t9-/m0/s1. The molecule has 0 aliphatic heterocycles. The molecule has 0 unspecified atom stereocenters. The molecule has 1 aromatic rings. The van der Waals surface area contributed by atoms with Crippen molar-refractivity contribution in [2.75, 3.05) is 0 Å². The number of rotatable bonds is 5. The van der Waals surface area contributed by atoms with Crippen LogP contribution in [0.3, 0.4) is 0 Å². The molecule has 4 nitrogen and oxygen atoms in total. The summed E-state index contributed by atoms with van der Waals surface area (Å²) in [5, 5.41) is 11.2. The molecule has 0 saturated carbocycles. The minimum Gasteiger partial charge on any atom is -0.481 e. The fourth-order valence-electron chi connectivity index (χ4n) is 1.36. The van der Waals surface area contributed by atoms with Gasteiger partial charge in [-0.1, -0.05) is 30.3 Å². The van der Waals surface area contributed by atoms with Gasteiger partial charge < -0.3 is 10.4 Å². The SMILES string of the molecule is C[C@H](NC(=O)CCC(=O)O)c1ccccc1. The topological polar surface area (TPSA) is 66.4 Å². The highest BCUT2D eigenvalue weighted by molar-refractivity contribution is 5.80. The van der Waals surface area contributed by atoms with Crippen LogP contribution in [-0.4, -0.2) is 17.0 Å². The molecule has 1 amide bonds. The minimum atomic E-state index is -0.956. The van der Waals surface area contributed by atoms with Gasteiger partial charge in [-0.25, -0.2) is 0 Å². The second-order valence-corrected chi connectivity index (χ2v) is 3.59. The van der Waals surface area contributed by atoms with Gasteiger partial charge in [0.05, 0.1) is 12.5 Å². The van der Waals surface area contributed by atoms with Crippen LogP contribution in [0.4, 0.5) is 0 Å². The number of hydrogen-bond donors (Lipinski definition) is 2. The lowest BCUT2D eigenvalue weighted by molar-refractivity contribution is -0.138. The lowest BCUT2D eigenvalue weighted by Crippen LogP contribution is -2.26. The van der Waals surface area contributed by atoms with Gasteiger partial charge in [0, 0.05) is 6.42 Å². The Morgan fingerprint density at radius 3 is 2.44 bits per heavy atom. The fraction of sp³-hybridized carbons (Fsp3) is 0.333. The van der Waals surface area contributed by atoms with Crippen LogP contribution in [0, 0.1) is 0 Å². The zero-order valence-corrected chi connectivity index (χ0v) is 9.14. The van der Waals surface area contributed by atoms with Crippen LogP contribution in [0.5, 0.6) is 0 Å². The van der Waals surface area contributed by atoms with Gasteiger partial charge in [0.25, 0.3) is 0 Å². The van der Waals surface area contributed by atoms with Gasteiger partial charge >= 0.3 is 5.97 Å². The van der Waals surface area contributed by atoms with E-state index in [0.29, 0.717) is 0 Å².